The highest BCUT2D eigenvalue weighted by Crippen LogP contribution is 2.43. The summed E-state index contributed by atoms with van der Waals surface area (Å²) in [7, 11) is 0. The molecule has 0 saturated carbocycles. The highest BCUT2D eigenvalue weighted by molar-refractivity contribution is 5.75. The molecule has 0 bridgehead atoms. The number of hydrogen-bond acceptors (Lipinski definition) is 2. The maximum Gasteiger partial charge on any atom is 0.217 e. The molecule has 0 fully saturated rings. The molecule has 3 rings (SSSR count). The molecule has 3 heteroatoms. The van der Waals surface area contributed by atoms with Crippen molar-refractivity contribution in [3.63, 3.8) is 0 Å². The molecule has 0 aromatic heterocycles. The minimum absolute atomic E-state index is 0.0471. The minimum Gasteiger partial charge on any atom is -0.456 e. The van der Waals surface area contributed by atoms with Gasteiger partial charge in [0.15, 0.2) is 0 Å². The predicted octanol–water partition coefficient (Wildman–Crippen LogP) is 3.33. The fraction of sp³-hybridized carbons (Fsp3) is 0.188. The van der Waals surface area contributed by atoms with Gasteiger partial charge in [0.05, 0.1) is 6.04 Å². The maximum atomic E-state index is 11.5. The molecule has 1 atom stereocenters. The molecule has 3 nitrogen and oxygen atoms in total. The molecule has 0 aliphatic carbocycles. The lowest BCUT2D eigenvalue weighted by molar-refractivity contribution is -0.119. The standard InChI is InChI=1S/C16H15NO2/c1-10-6-5-8-13-15(17-11(2)18)12-7-3-4-9-14(12)19-16(10)13/h3-9,15H,1-2H3,(H,17,18)/t15-/m1/s1. The van der Waals surface area contributed by atoms with E-state index in [-0.39, 0.29) is 11.9 Å². The van der Waals surface area contributed by atoms with Crippen LogP contribution in [0.5, 0.6) is 11.5 Å². The van der Waals surface area contributed by atoms with Crippen molar-refractivity contribution >= 4 is 5.91 Å². The summed E-state index contributed by atoms with van der Waals surface area (Å²) in [5, 5.41) is 3.00. The second kappa shape index (κ2) is 4.43. The van der Waals surface area contributed by atoms with E-state index >= 15 is 0 Å². The Balaban J connectivity index is 2.18. The molecule has 0 spiro atoms. The first-order valence-electron chi connectivity index (χ1n) is 6.30. The molecule has 1 aliphatic rings. The Kier molecular flexibility index (Phi) is 2.75. The fourth-order valence-electron chi connectivity index (χ4n) is 2.49. The number of carbonyl (C=O) groups excluding carboxylic acids is 1. The molecular weight excluding hydrogens is 238 g/mol. The number of amides is 1. The van der Waals surface area contributed by atoms with Crippen LogP contribution in [0.4, 0.5) is 0 Å². The molecule has 0 radical (unpaired) electrons. The van der Waals surface area contributed by atoms with Crippen molar-refractivity contribution in [2.45, 2.75) is 19.9 Å². The number of carbonyl (C=O) groups is 1. The lowest BCUT2D eigenvalue weighted by Crippen LogP contribution is -2.29. The van der Waals surface area contributed by atoms with Crippen LogP contribution in [0.1, 0.15) is 29.7 Å². The summed E-state index contributed by atoms with van der Waals surface area (Å²) in [6, 6.07) is 13.7. The third-order valence-electron chi connectivity index (χ3n) is 3.34. The van der Waals surface area contributed by atoms with Crippen LogP contribution in [0.25, 0.3) is 0 Å². The Bertz CT molecular complexity index is 649. The van der Waals surface area contributed by atoms with Gasteiger partial charge in [0.1, 0.15) is 11.5 Å². The molecule has 2 aromatic carbocycles. The first kappa shape index (κ1) is 11.8. The molecule has 19 heavy (non-hydrogen) atoms. The summed E-state index contributed by atoms with van der Waals surface area (Å²) in [6.07, 6.45) is 0. The van der Waals surface area contributed by atoms with E-state index in [4.69, 9.17) is 4.74 Å². The zero-order chi connectivity index (χ0) is 13.4. The Morgan fingerprint density at radius 3 is 2.63 bits per heavy atom. The molecule has 1 N–H and O–H groups in total. The lowest BCUT2D eigenvalue weighted by atomic mass is 9.93. The Hall–Kier alpha value is -2.29. The third kappa shape index (κ3) is 1.97. The van der Waals surface area contributed by atoms with Gasteiger partial charge >= 0.3 is 0 Å². The zero-order valence-electron chi connectivity index (χ0n) is 10.9. The third-order valence-corrected chi connectivity index (χ3v) is 3.34. The molecule has 1 amide bonds. The van der Waals surface area contributed by atoms with Gasteiger partial charge in [0.2, 0.25) is 5.91 Å². The monoisotopic (exact) mass is 253 g/mol. The van der Waals surface area contributed by atoms with Crippen LogP contribution in [0.15, 0.2) is 42.5 Å². The molecular formula is C16H15NO2. The van der Waals surface area contributed by atoms with E-state index in [0.717, 1.165) is 28.2 Å². The summed E-state index contributed by atoms with van der Waals surface area (Å²) in [5.74, 6) is 1.61. The summed E-state index contributed by atoms with van der Waals surface area (Å²) >= 11 is 0. The second-order valence-corrected chi connectivity index (χ2v) is 4.77. The first-order valence-corrected chi connectivity index (χ1v) is 6.30. The van der Waals surface area contributed by atoms with Crippen LogP contribution in [-0.4, -0.2) is 5.91 Å². The number of fused-ring (bicyclic) bond motifs is 2. The van der Waals surface area contributed by atoms with Crippen molar-refractivity contribution in [3.8, 4) is 11.5 Å². The number of aryl methyl sites for hydroxylation is 1. The van der Waals surface area contributed by atoms with Gasteiger partial charge in [-0.15, -0.1) is 0 Å². The zero-order valence-corrected chi connectivity index (χ0v) is 10.9. The van der Waals surface area contributed by atoms with Crippen molar-refractivity contribution in [2.24, 2.45) is 0 Å². The van der Waals surface area contributed by atoms with Crippen molar-refractivity contribution in [1.29, 1.82) is 0 Å². The number of ether oxygens (including phenoxy) is 1. The van der Waals surface area contributed by atoms with E-state index < -0.39 is 0 Å². The Morgan fingerprint density at radius 2 is 1.84 bits per heavy atom. The van der Waals surface area contributed by atoms with E-state index in [1.807, 2.05) is 49.4 Å². The first-order chi connectivity index (χ1) is 9.16. The summed E-state index contributed by atoms with van der Waals surface area (Å²) in [4.78, 5) is 11.5. The van der Waals surface area contributed by atoms with Gasteiger partial charge in [-0.2, -0.15) is 0 Å². The van der Waals surface area contributed by atoms with Crippen molar-refractivity contribution in [3.05, 3.63) is 59.2 Å². The van der Waals surface area contributed by atoms with Crippen molar-refractivity contribution < 1.29 is 9.53 Å². The van der Waals surface area contributed by atoms with Crippen molar-refractivity contribution in [1.82, 2.24) is 5.32 Å². The molecule has 0 saturated heterocycles. The van der Waals surface area contributed by atoms with Crippen LogP contribution in [0.3, 0.4) is 0 Å². The highest BCUT2D eigenvalue weighted by atomic mass is 16.5. The highest BCUT2D eigenvalue weighted by Gasteiger charge is 2.28. The molecule has 1 aliphatic heterocycles. The number of hydrogen-bond donors (Lipinski definition) is 1. The second-order valence-electron chi connectivity index (χ2n) is 4.77. The van der Waals surface area contributed by atoms with E-state index in [1.165, 1.54) is 6.92 Å². The van der Waals surface area contributed by atoms with Crippen LogP contribution in [0.2, 0.25) is 0 Å². The lowest BCUT2D eigenvalue weighted by Gasteiger charge is -2.29. The SMILES string of the molecule is CC(=O)N[C@@H]1c2ccccc2Oc2c(C)cccc21. The normalized spacial score (nSPS) is 16.0. The van der Waals surface area contributed by atoms with Gasteiger partial charge in [-0.25, -0.2) is 0 Å². The molecule has 2 aromatic rings. The number of rotatable bonds is 1. The van der Waals surface area contributed by atoms with Crippen LogP contribution >= 0.6 is 0 Å². The van der Waals surface area contributed by atoms with Gasteiger partial charge in [0.25, 0.3) is 0 Å². The van der Waals surface area contributed by atoms with E-state index in [1.54, 1.807) is 0 Å². The average Bonchev–Trinajstić information content (AvgIpc) is 2.39. The average molecular weight is 253 g/mol. The quantitative estimate of drug-likeness (QED) is 0.846. The Labute approximate surface area is 112 Å². The molecule has 0 unspecified atom stereocenters. The maximum absolute atomic E-state index is 11.5. The predicted molar refractivity (Wildman–Crippen MR) is 73.4 cm³/mol. The van der Waals surface area contributed by atoms with Gasteiger partial charge in [-0.1, -0.05) is 36.4 Å². The van der Waals surface area contributed by atoms with Crippen LogP contribution < -0.4 is 10.1 Å². The number of benzene rings is 2. The summed E-state index contributed by atoms with van der Waals surface area (Å²) in [6.45, 7) is 3.55. The van der Waals surface area contributed by atoms with E-state index in [2.05, 4.69) is 5.32 Å². The van der Waals surface area contributed by atoms with Gasteiger partial charge < -0.3 is 10.1 Å². The van der Waals surface area contributed by atoms with Gasteiger partial charge in [0, 0.05) is 18.1 Å². The molecule has 1 heterocycles. The topological polar surface area (TPSA) is 38.3 Å². The smallest absolute Gasteiger partial charge is 0.217 e. The number of para-hydroxylation sites is 2. The minimum atomic E-state index is -0.141. The summed E-state index contributed by atoms with van der Waals surface area (Å²) < 4.78 is 5.97. The van der Waals surface area contributed by atoms with Crippen LogP contribution in [0, 0.1) is 6.92 Å². The number of nitrogens with one attached hydrogen (secondary N) is 1. The van der Waals surface area contributed by atoms with Crippen LogP contribution in [-0.2, 0) is 4.79 Å². The summed E-state index contributed by atoms with van der Waals surface area (Å²) in [5.41, 5.74) is 3.08. The van der Waals surface area contributed by atoms with E-state index in [0.29, 0.717) is 0 Å². The largest absolute Gasteiger partial charge is 0.456 e. The van der Waals surface area contributed by atoms with Gasteiger partial charge in [-0.05, 0) is 18.6 Å². The van der Waals surface area contributed by atoms with Gasteiger partial charge in [-0.3, -0.25) is 4.79 Å². The fourth-order valence-corrected chi connectivity index (χ4v) is 2.49. The van der Waals surface area contributed by atoms with Crippen molar-refractivity contribution in [2.75, 3.05) is 0 Å². The molecule has 96 valence electrons. The van der Waals surface area contributed by atoms with E-state index in [9.17, 15) is 4.79 Å². The Morgan fingerprint density at radius 1 is 1.11 bits per heavy atom.